The van der Waals surface area contributed by atoms with Crippen LogP contribution in [0.15, 0.2) is 34.5 Å². The normalized spacial score (nSPS) is 15.8. The van der Waals surface area contributed by atoms with Gasteiger partial charge in [-0.15, -0.1) is 11.3 Å². The third-order valence-electron chi connectivity index (χ3n) is 4.99. The van der Waals surface area contributed by atoms with Gasteiger partial charge in [0.1, 0.15) is 12.4 Å². The minimum atomic E-state index is -3.58. The van der Waals surface area contributed by atoms with Gasteiger partial charge in [0.2, 0.25) is 10.0 Å². The Hall–Kier alpha value is -1.97. The van der Waals surface area contributed by atoms with Crippen molar-refractivity contribution in [2.75, 3.05) is 19.7 Å². The number of piperidine rings is 1. The van der Waals surface area contributed by atoms with Gasteiger partial charge in [0, 0.05) is 18.5 Å². The van der Waals surface area contributed by atoms with Gasteiger partial charge in [-0.1, -0.05) is 6.92 Å². The fourth-order valence-corrected chi connectivity index (χ4v) is 5.72. The Morgan fingerprint density at radius 1 is 1.20 bits per heavy atom. The first-order valence-electron chi connectivity index (χ1n) is 10.3. The fourth-order valence-electron chi connectivity index (χ4n) is 3.36. The quantitative estimate of drug-likeness (QED) is 0.540. The van der Waals surface area contributed by atoms with Gasteiger partial charge >= 0.3 is 5.97 Å². The van der Waals surface area contributed by atoms with Gasteiger partial charge < -0.3 is 9.47 Å². The molecular weight excluding hydrogens is 424 g/mol. The van der Waals surface area contributed by atoms with Crippen molar-refractivity contribution in [3.8, 4) is 5.75 Å². The molecule has 1 aliphatic rings. The molecule has 1 saturated heterocycles. The number of carbonyl (C=O) groups is 1. The number of thiazole rings is 1. The highest BCUT2D eigenvalue weighted by Gasteiger charge is 2.32. The summed E-state index contributed by atoms with van der Waals surface area (Å²) in [6, 6.07) is 6.43. The third kappa shape index (κ3) is 5.59. The molecule has 0 bridgehead atoms. The molecular formula is C21H28N2O5S2. The highest BCUT2D eigenvalue weighted by Crippen LogP contribution is 2.26. The number of hydrogen-bond donors (Lipinski definition) is 0. The highest BCUT2D eigenvalue weighted by atomic mass is 32.2. The van der Waals surface area contributed by atoms with E-state index in [0.29, 0.717) is 38.3 Å². The predicted molar refractivity (Wildman–Crippen MR) is 115 cm³/mol. The molecule has 0 N–H and O–H groups in total. The maximum atomic E-state index is 12.9. The van der Waals surface area contributed by atoms with E-state index in [-0.39, 0.29) is 23.4 Å². The van der Waals surface area contributed by atoms with Crippen molar-refractivity contribution >= 4 is 27.3 Å². The molecule has 0 spiro atoms. The fraction of sp³-hybridized carbons (Fsp3) is 0.524. The number of hydrogen-bond acceptors (Lipinski definition) is 7. The van der Waals surface area contributed by atoms with Crippen LogP contribution in [-0.4, -0.2) is 43.4 Å². The van der Waals surface area contributed by atoms with Crippen LogP contribution in [0, 0.1) is 5.92 Å². The van der Waals surface area contributed by atoms with Crippen LogP contribution >= 0.6 is 11.3 Å². The molecule has 2 aromatic rings. The van der Waals surface area contributed by atoms with E-state index in [9.17, 15) is 13.2 Å². The topological polar surface area (TPSA) is 85.8 Å². The molecule has 0 amide bonds. The number of sulfonamides is 1. The Kier molecular flexibility index (Phi) is 7.85. The Labute approximate surface area is 182 Å². The molecule has 1 aromatic heterocycles. The molecule has 0 unspecified atom stereocenters. The molecule has 7 nitrogen and oxygen atoms in total. The number of esters is 1. The maximum absolute atomic E-state index is 12.9. The number of ether oxygens (including phenoxy) is 2. The smallest absolute Gasteiger partial charge is 0.309 e. The first-order valence-corrected chi connectivity index (χ1v) is 12.6. The molecule has 2 heterocycles. The molecule has 0 radical (unpaired) electrons. The summed E-state index contributed by atoms with van der Waals surface area (Å²) in [5.74, 6) is 0.0727. The van der Waals surface area contributed by atoms with Crippen molar-refractivity contribution < 1.29 is 22.7 Å². The minimum absolute atomic E-state index is 0.170. The first kappa shape index (κ1) is 22.7. The van der Waals surface area contributed by atoms with E-state index in [4.69, 9.17) is 9.47 Å². The summed E-state index contributed by atoms with van der Waals surface area (Å²) in [6.45, 7) is 5.27. The second kappa shape index (κ2) is 10.4. The second-order valence-electron chi connectivity index (χ2n) is 7.17. The lowest BCUT2D eigenvalue weighted by molar-refractivity contribution is -0.151. The molecule has 164 valence electrons. The molecule has 30 heavy (non-hydrogen) atoms. The summed E-state index contributed by atoms with van der Waals surface area (Å²) in [7, 11) is -3.58. The van der Waals surface area contributed by atoms with E-state index < -0.39 is 10.0 Å². The predicted octanol–water partition coefficient (Wildman–Crippen LogP) is 3.64. The third-order valence-corrected chi connectivity index (χ3v) is 7.86. The lowest BCUT2D eigenvalue weighted by atomic mass is 9.98. The summed E-state index contributed by atoms with van der Waals surface area (Å²) >= 11 is 1.58. The zero-order valence-electron chi connectivity index (χ0n) is 17.4. The number of aryl methyl sites for hydroxylation is 1. The van der Waals surface area contributed by atoms with Gasteiger partial charge in [-0.25, -0.2) is 13.4 Å². The van der Waals surface area contributed by atoms with E-state index in [0.717, 1.165) is 23.5 Å². The molecule has 9 heteroatoms. The van der Waals surface area contributed by atoms with E-state index in [1.54, 1.807) is 35.6 Å². The molecule has 0 saturated carbocycles. The molecule has 1 aromatic carbocycles. The number of carbonyl (C=O) groups excluding carboxylic acids is 1. The van der Waals surface area contributed by atoms with Gasteiger partial charge in [0.25, 0.3) is 0 Å². The number of nitrogens with zero attached hydrogens (tertiary/aromatic N) is 2. The summed E-state index contributed by atoms with van der Waals surface area (Å²) in [6.07, 6.45) is 2.87. The van der Waals surface area contributed by atoms with Crippen molar-refractivity contribution in [3.05, 3.63) is 40.3 Å². The zero-order valence-corrected chi connectivity index (χ0v) is 19.0. The van der Waals surface area contributed by atoms with Gasteiger partial charge in [-0.3, -0.25) is 4.79 Å². The van der Waals surface area contributed by atoms with Crippen LogP contribution in [0.2, 0.25) is 0 Å². The van der Waals surface area contributed by atoms with Crippen LogP contribution in [0.4, 0.5) is 0 Å². The van der Waals surface area contributed by atoms with Crippen LogP contribution in [0.3, 0.4) is 0 Å². The van der Waals surface area contributed by atoms with E-state index in [1.165, 1.54) is 4.31 Å². The minimum Gasteiger partial charge on any atom is -0.494 e. The first-order chi connectivity index (χ1) is 14.4. The van der Waals surface area contributed by atoms with E-state index in [2.05, 4.69) is 11.9 Å². The Bertz CT molecular complexity index is 933. The van der Waals surface area contributed by atoms with Crippen LogP contribution in [0.25, 0.3) is 0 Å². The molecule has 3 rings (SSSR count). The average molecular weight is 453 g/mol. The highest BCUT2D eigenvalue weighted by molar-refractivity contribution is 7.89. The van der Waals surface area contributed by atoms with Gasteiger partial charge in [-0.05, 0) is 56.9 Å². The van der Waals surface area contributed by atoms with Crippen molar-refractivity contribution in [1.29, 1.82) is 0 Å². The summed E-state index contributed by atoms with van der Waals surface area (Å²) in [5, 5.41) is 2.97. The summed E-state index contributed by atoms with van der Waals surface area (Å²) in [4.78, 5) is 17.1. The lowest BCUT2D eigenvalue weighted by Gasteiger charge is -2.30. The summed E-state index contributed by atoms with van der Waals surface area (Å²) < 4.78 is 37.9. The number of aromatic nitrogens is 1. The van der Waals surface area contributed by atoms with Crippen LogP contribution in [0.1, 0.15) is 43.8 Å². The number of rotatable bonds is 9. The van der Waals surface area contributed by atoms with Crippen LogP contribution < -0.4 is 4.74 Å². The average Bonchev–Trinajstić information content (AvgIpc) is 3.20. The number of benzene rings is 1. The Balaban J connectivity index is 1.51. The molecule has 1 aliphatic heterocycles. The SMILES string of the molecule is CCCc1nc(COC(=O)C2CCN(S(=O)(=O)c3ccc(OCC)cc3)CC2)cs1. The molecule has 0 aliphatic carbocycles. The van der Waals surface area contributed by atoms with Crippen LogP contribution in [0.5, 0.6) is 5.75 Å². The summed E-state index contributed by atoms with van der Waals surface area (Å²) in [5.41, 5.74) is 0.771. The lowest BCUT2D eigenvalue weighted by Crippen LogP contribution is -2.40. The largest absolute Gasteiger partial charge is 0.494 e. The Morgan fingerprint density at radius 3 is 2.53 bits per heavy atom. The van der Waals surface area contributed by atoms with Crippen molar-refractivity contribution in [1.82, 2.24) is 9.29 Å². The van der Waals surface area contributed by atoms with Crippen LogP contribution in [-0.2, 0) is 32.6 Å². The van der Waals surface area contributed by atoms with Gasteiger partial charge in [0.15, 0.2) is 0 Å². The zero-order chi connectivity index (χ0) is 21.6. The standard InChI is InChI=1S/C21H28N2O5S2/c1-3-5-20-22-17(15-29-20)14-28-21(24)16-10-12-23(13-11-16)30(25,26)19-8-6-18(7-9-19)27-4-2/h6-9,15-16H,3-5,10-14H2,1-2H3. The van der Waals surface area contributed by atoms with Gasteiger partial charge in [-0.2, -0.15) is 4.31 Å². The molecule has 0 atom stereocenters. The van der Waals surface area contributed by atoms with Crippen molar-refractivity contribution in [2.45, 2.75) is 51.0 Å². The van der Waals surface area contributed by atoms with Gasteiger partial charge in [0.05, 0.1) is 28.1 Å². The van der Waals surface area contributed by atoms with E-state index >= 15 is 0 Å². The van der Waals surface area contributed by atoms with E-state index in [1.807, 2.05) is 12.3 Å². The Morgan fingerprint density at radius 2 is 1.90 bits per heavy atom. The second-order valence-corrected chi connectivity index (χ2v) is 10.1. The molecule has 1 fully saturated rings. The maximum Gasteiger partial charge on any atom is 0.309 e. The monoisotopic (exact) mass is 452 g/mol. The van der Waals surface area contributed by atoms with Crippen molar-refractivity contribution in [2.24, 2.45) is 5.92 Å². The van der Waals surface area contributed by atoms with Crippen molar-refractivity contribution in [3.63, 3.8) is 0 Å².